The number of aromatic nitrogens is 2. The van der Waals surface area contributed by atoms with Crippen LogP contribution in [0.3, 0.4) is 0 Å². The molecule has 0 radical (unpaired) electrons. The van der Waals surface area contributed by atoms with Crippen molar-refractivity contribution in [3.05, 3.63) is 47.2 Å². The minimum absolute atomic E-state index is 0.298. The summed E-state index contributed by atoms with van der Waals surface area (Å²) in [5, 5.41) is 17.2. The number of aryl methyl sites for hydroxylation is 1. The molecule has 1 fully saturated rings. The molecule has 2 aromatic rings. The van der Waals surface area contributed by atoms with E-state index in [1.54, 1.807) is 12.1 Å². The monoisotopic (exact) mass is 315 g/mol. The van der Waals surface area contributed by atoms with E-state index in [1.807, 2.05) is 12.1 Å². The van der Waals surface area contributed by atoms with Crippen LogP contribution in [-0.4, -0.2) is 39.3 Å². The molecule has 0 aliphatic carbocycles. The predicted octanol–water partition coefficient (Wildman–Crippen LogP) is 2.71. The van der Waals surface area contributed by atoms with Gasteiger partial charge in [-0.1, -0.05) is 19.1 Å². The quantitative estimate of drug-likeness (QED) is 0.883. The molecule has 1 aromatic carbocycles. The smallest absolute Gasteiger partial charge is 0.335 e. The average Bonchev–Trinajstić information content (AvgIpc) is 3.17. The van der Waals surface area contributed by atoms with Crippen molar-refractivity contribution in [1.82, 2.24) is 15.1 Å². The number of carboxylic acid groups (broad SMARTS) is 1. The summed E-state index contributed by atoms with van der Waals surface area (Å²) in [6.45, 7) is 4.79. The Morgan fingerprint density at radius 2 is 2.13 bits per heavy atom. The summed E-state index contributed by atoms with van der Waals surface area (Å²) in [6, 6.07) is 7.06. The number of hydrogen-bond donors (Lipinski definition) is 1. The second-order valence-electron chi connectivity index (χ2n) is 6.01. The van der Waals surface area contributed by atoms with E-state index < -0.39 is 5.97 Å². The molecule has 0 spiro atoms. The Morgan fingerprint density at radius 3 is 2.83 bits per heavy atom. The molecule has 1 saturated heterocycles. The van der Waals surface area contributed by atoms with Crippen molar-refractivity contribution in [3.8, 4) is 0 Å². The summed E-state index contributed by atoms with van der Waals surface area (Å²) in [5.41, 5.74) is 1.44. The Morgan fingerprint density at radius 1 is 1.35 bits per heavy atom. The zero-order valence-corrected chi connectivity index (χ0v) is 13.2. The van der Waals surface area contributed by atoms with Gasteiger partial charge in [0.2, 0.25) is 11.8 Å². The summed E-state index contributed by atoms with van der Waals surface area (Å²) in [5.74, 6) is 0.880. The Balaban J connectivity index is 1.57. The van der Waals surface area contributed by atoms with Crippen LogP contribution in [0.25, 0.3) is 0 Å². The standard InChI is InChI=1S/C17H21N3O3/c1-2-3-15-18-19-16(23-15)14-8-9-20(11-14)10-12-4-6-13(7-5-12)17(21)22/h4-7,14H,2-3,8-11H2,1H3,(H,21,22). The van der Waals surface area contributed by atoms with Crippen LogP contribution >= 0.6 is 0 Å². The molecule has 1 aromatic heterocycles. The van der Waals surface area contributed by atoms with Crippen LogP contribution in [0.4, 0.5) is 0 Å². The van der Waals surface area contributed by atoms with Gasteiger partial charge < -0.3 is 9.52 Å². The number of aromatic carboxylic acids is 1. The zero-order valence-electron chi connectivity index (χ0n) is 13.2. The van der Waals surface area contributed by atoms with Crippen molar-refractivity contribution >= 4 is 5.97 Å². The highest BCUT2D eigenvalue weighted by molar-refractivity contribution is 5.87. The van der Waals surface area contributed by atoms with E-state index in [2.05, 4.69) is 22.0 Å². The molecular formula is C17H21N3O3. The molecule has 1 aliphatic rings. The third kappa shape index (κ3) is 3.76. The maximum atomic E-state index is 10.9. The first-order valence-electron chi connectivity index (χ1n) is 8.02. The van der Waals surface area contributed by atoms with Gasteiger partial charge in [0.25, 0.3) is 0 Å². The lowest BCUT2D eigenvalue weighted by molar-refractivity contribution is 0.0697. The first kappa shape index (κ1) is 15.7. The maximum Gasteiger partial charge on any atom is 0.335 e. The molecule has 1 aliphatic heterocycles. The van der Waals surface area contributed by atoms with Gasteiger partial charge in [-0.15, -0.1) is 10.2 Å². The lowest BCUT2D eigenvalue weighted by atomic mass is 10.1. The second-order valence-corrected chi connectivity index (χ2v) is 6.01. The molecule has 6 nitrogen and oxygen atoms in total. The van der Waals surface area contributed by atoms with E-state index in [0.717, 1.165) is 56.2 Å². The Hall–Kier alpha value is -2.21. The number of likely N-dealkylation sites (tertiary alicyclic amines) is 1. The number of carboxylic acids is 1. The van der Waals surface area contributed by atoms with Crippen molar-refractivity contribution in [2.45, 2.75) is 38.6 Å². The van der Waals surface area contributed by atoms with Gasteiger partial charge >= 0.3 is 5.97 Å². The van der Waals surface area contributed by atoms with Gasteiger partial charge in [-0.3, -0.25) is 4.90 Å². The van der Waals surface area contributed by atoms with Crippen molar-refractivity contribution in [2.75, 3.05) is 13.1 Å². The first-order chi connectivity index (χ1) is 11.2. The van der Waals surface area contributed by atoms with Crippen LogP contribution in [0.5, 0.6) is 0 Å². The summed E-state index contributed by atoms with van der Waals surface area (Å²) in [6.07, 6.45) is 2.85. The average molecular weight is 315 g/mol. The highest BCUT2D eigenvalue weighted by atomic mass is 16.4. The first-order valence-corrected chi connectivity index (χ1v) is 8.02. The van der Waals surface area contributed by atoms with E-state index in [-0.39, 0.29) is 0 Å². The number of benzene rings is 1. The molecule has 0 saturated carbocycles. The fourth-order valence-electron chi connectivity index (χ4n) is 2.94. The fraction of sp³-hybridized carbons (Fsp3) is 0.471. The Labute approximate surface area is 135 Å². The number of hydrogen-bond acceptors (Lipinski definition) is 5. The fourth-order valence-corrected chi connectivity index (χ4v) is 2.94. The van der Waals surface area contributed by atoms with Crippen LogP contribution < -0.4 is 0 Å². The van der Waals surface area contributed by atoms with Gasteiger partial charge in [0.15, 0.2) is 0 Å². The summed E-state index contributed by atoms with van der Waals surface area (Å²) < 4.78 is 5.73. The SMILES string of the molecule is CCCc1nnc(C2CCN(Cc3ccc(C(=O)O)cc3)C2)o1. The van der Waals surface area contributed by atoms with Crippen molar-refractivity contribution in [1.29, 1.82) is 0 Å². The normalized spacial score (nSPS) is 18.4. The van der Waals surface area contributed by atoms with Crippen LogP contribution in [-0.2, 0) is 13.0 Å². The largest absolute Gasteiger partial charge is 0.478 e. The van der Waals surface area contributed by atoms with E-state index in [9.17, 15) is 4.79 Å². The molecule has 23 heavy (non-hydrogen) atoms. The predicted molar refractivity (Wildman–Crippen MR) is 84.3 cm³/mol. The molecule has 0 amide bonds. The summed E-state index contributed by atoms with van der Waals surface area (Å²) in [4.78, 5) is 13.2. The molecule has 1 N–H and O–H groups in total. The van der Waals surface area contributed by atoms with Gasteiger partial charge in [0.1, 0.15) is 0 Å². The molecule has 1 atom stereocenters. The van der Waals surface area contributed by atoms with E-state index in [0.29, 0.717) is 11.5 Å². The van der Waals surface area contributed by atoms with Gasteiger partial charge in [-0.05, 0) is 37.1 Å². The number of nitrogens with zero attached hydrogens (tertiary/aromatic N) is 3. The van der Waals surface area contributed by atoms with Crippen LogP contribution in [0, 0.1) is 0 Å². The maximum absolute atomic E-state index is 10.9. The molecular weight excluding hydrogens is 294 g/mol. The third-order valence-corrected chi connectivity index (χ3v) is 4.18. The number of carbonyl (C=O) groups is 1. The highest BCUT2D eigenvalue weighted by Gasteiger charge is 2.28. The van der Waals surface area contributed by atoms with E-state index in [1.165, 1.54) is 0 Å². The van der Waals surface area contributed by atoms with Crippen molar-refractivity contribution < 1.29 is 14.3 Å². The number of rotatable bonds is 6. The highest BCUT2D eigenvalue weighted by Crippen LogP contribution is 2.27. The molecule has 1 unspecified atom stereocenters. The van der Waals surface area contributed by atoms with Crippen LogP contribution in [0.15, 0.2) is 28.7 Å². The van der Waals surface area contributed by atoms with Gasteiger partial charge in [0, 0.05) is 19.5 Å². The van der Waals surface area contributed by atoms with Gasteiger partial charge in [0.05, 0.1) is 11.5 Å². The second kappa shape index (κ2) is 6.91. The van der Waals surface area contributed by atoms with Crippen molar-refractivity contribution in [3.63, 3.8) is 0 Å². The van der Waals surface area contributed by atoms with Gasteiger partial charge in [-0.2, -0.15) is 0 Å². The lowest BCUT2D eigenvalue weighted by Crippen LogP contribution is -2.19. The minimum Gasteiger partial charge on any atom is -0.478 e. The van der Waals surface area contributed by atoms with E-state index >= 15 is 0 Å². The molecule has 2 heterocycles. The van der Waals surface area contributed by atoms with Crippen LogP contribution in [0.2, 0.25) is 0 Å². The van der Waals surface area contributed by atoms with Gasteiger partial charge in [-0.25, -0.2) is 4.79 Å². The molecule has 3 rings (SSSR count). The lowest BCUT2D eigenvalue weighted by Gasteiger charge is -2.15. The van der Waals surface area contributed by atoms with E-state index in [4.69, 9.17) is 9.52 Å². The molecule has 6 heteroatoms. The minimum atomic E-state index is -0.892. The molecule has 0 bridgehead atoms. The summed E-state index contributed by atoms with van der Waals surface area (Å²) in [7, 11) is 0. The molecule has 122 valence electrons. The van der Waals surface area contributed by atoms with Crippen molar-refractivity contribution in [2.24, 2.45) is 0 Å². The third-order valence-electron chi connectivity index (χ3n) is 4.18. The Kier molecular flexibility index (Phi) is 4.71. The Bertz CT molecular complexity index is 666. The zero-order chi connectivity index (χ0) is 16.2. The van der Waals surface area contributed by atoms with Crippen LogP contribution in [0.1, 0.15) is 53.4 Å². The summed E-state index contributed by atoms with van der Waals surface area (Å²) >= 11 is 0. The topological polar surface area (TPSA) is 79.5 Å².